The minimum Gasteiger partial charge on any atom is -0.484 e. The molecule has 0 bridgehead atoms. The number of hydrogen-bond acceptors (Lipinski definition) is 4. The van der Waals surface area contributed by atoms with E-state index in [2.05, 4.69) is 10.5 Å². The first kappa shape index (κ1) is 17.8. The molecule has 5 nitrogen and oxygen atoms in total. The quantitative estimate of drug-likeness (QED) is 0.645. The number of hydrogen-bond donors (Lipinski definition) is 1. The van der Waals surface area contributed by atoms with Gasteiger partial charge in [-0.2, -0.15) is 5.10 Å². The summed E-state index contributed by atoms with van der Waals surface area (Å²) in [4.78, 5) is 13.8. The molecular formula is C18H20ClN3O2. The molecule has 0 spiro atoms. The number of anilines is 1. The van der Waals surface area contributed by atoms with Gasteiger partial charge in [-0.25, -0.2) is 5.43 Å². The van der Waals surface area contributed by atoms with Crippen LogP contribution in [0.3, 0.4) is 0 Å². The minimum atomic E-state index is -0.325. The Bertz CT molecular complexity index is 710. The highest BCUT2D eigenvalue weighted by Gasteiger charge is 2.04. The number of carbonyl (C=O) groups excluding carboxylic acids is 1. The molecule has 0 aliphatic heterocycles. The van der Waals surface area contributed by atoms with Crippen LogP contribution in [0.25, 0.3) is 0 Å². The van der Waals surface area contributed by atoms with E-state index in [4.69, 9.17) is 16.3 Å². The van der Waals surface area contributed by atoms with Gasteiger partial charge in [0.05, 0.1) is 5.71 Å². The van der Waals surface area contributed by atoms with Gasteiger partial charge in [-0.15, -0.1) is 0 Å². The maximum atomic E-state index is 11.8. The zero-order chi connectivity index (χ0) is 17.5. The number of nitrogens with one attached hydrogen (secondary N) is 1. The summed E-state index contributed by atoms with van der Waals surface area (Å²) < 4.78 is 5.36. The normalized spacial score (nSPS) is 11.1. The first-order valence-corrected chi connectivity index (χ1v) is 7.83. The molecule has 0 saturated heterocycles. The smallest absolute Gasteiger partial charge is 0.277 e. The van der Waals surface area contributed by atoms with Gasteiger partial charge in [-0.1, -0.05) is 23.7 Å². The van der Waals surface area contributed by atoms with E-state index in [1.807, 2.05) is 50.2 Å². The maximum Gasteiger partial charge on any atom is 0.277 e. The van der Waals surface area contributed by atoms with Crippen molar-refractivity contribution in [1.82, 2.24) is 5.43 Å². The van der Waals surface area contributed by atoms with Crippen molar-refractivity contribution in [1.29, 1.82) is 0 Å². The number of ether oxygens (including phenoxy) is 1. The molecular weight excluding hydrogens is 326 g/mol. The number of benzene rings is 2. The molecule has 0 heterocycles. The zero-order valence-corrected chi connectivity index (χ0v) is 14.7. The monoisotopic (exact) mass is 345 g/mol. The summed E-state index contributed by atoms with van der Waals surface area (Å²) in [6.45, 7) is 1.73. The summed E-state index contributed by atoms with van der Waals surface area (Å²) in [7, 11) is 3.97. The molecule has 0 aliphatic rings. The lowest BCUT2D eigenvalue weighted by molar-refractivity contribution is -0.123. The fourth-order valence-electron chi connectivity index (χ4n) is 1.92. The third-order valence-corrected chi connectivity index (χ3v) is 3.59. The van der Waals surface area contributed by atoms with Crippen LogP contribution in [0, 0.1) is 0 Å². The van der Waals surface area contributed by atoms with E-state index >= 15 is 0 Å². The molecule has 1 N–H and O–H groups in total. The summed E-state index contributed by atoms with van der Waals surface area (Å²) in [6.07, 6.45) is 0. The van der Waals surface area contributed by atoms with Crippen molar-refractivity contribution in [2.75, 3.05) is 25.6 Å². The van der Waals surface area contributed by atoms with Gasteiger partial charge in [0.2, 0.25) is 0 Å². The van der Waals surface area contributed by atoms with Gasteiger partial charge in [-0.3, -0.25) is 4.79 Å². The summed E-state index contributed by atoms with van der Waals surface area (Å²) in [6, 6.07) is 14.7. The van der Waals surface area contributed by atoms with Gasteiger partial charge >= 0.3 is 0 Å². The number of amides is 1. The fraction of sp³-hybridized carbons (Fsp3) is 0.222. The molecule has 0 saturated carbocycles. The SMILES string of the molecule is C/C(=N/NC(=O)COc1ccc(Cl)cc1)c1ccc(N(C)C)cc1. The molecule has 126 valence electrons. The fourth-order valence-corrected chi connectivity index (χ4v) is 2.05. The molecule has 0 aromatic heterocycles. The molecule has 0 atom stereocenters. The molecule has 0 radical (unpaired) electrons. The van der Waals surface area contributed by atoms with Crippen molar-refractivity contribution < 1.29 is 9.53 Å². The predicted octanol–water partition coefficient (Wildman–Crippen LogP) is 3.33. The summed E-state index contributed by atoms with van der Waals surface area (Å²) >= 11 is 5.79. The number of hydrazone groups is 1. The Labute approximate surface area is 146 Å². The molecule has 0 aliphatic carbocycles. The van der Waals surface area contributed by atoms with E-state index in [1.165, 1.54) is 0 Å². The number of halogens is 1. The lowest BCUT2D eigenvalue weighted by Crippen LogP contribution is -2.25. The lowest BCUT2D eigenvalue weighted by Gasteiger charge is -2.12. The van der Waals surface area contributed by atoms with Gasteiger partial charge in [0.1, 0.15) is 5.75 Å². The van der Waals surface area contributed by atoms with E-state index in [0.717, 1.165) is 17.0 Å². The first-order valence-electron chi connectivity index (χ1n) is 7.45. The van der Waals surface area contributed by atoms with E-state index < -0.39 is 0 Å². The molecule has 0 unspecified atom stereocenters. The second-order valence-corrected chi connectivity index (χ2v) is 5.85. The highest BCUT2D eigenvalue weighted by molar-refractivity contribution is 6.30. The van der Waals surface area contributed by atoms with Crippen LogP contribution in [-0.2, 0) is 4.79 Å². The molecule has 2 aromatic carbocycles. The maximum absolute atomic E-state index is 11.8. The zero-order valence-electron chi connectivity index (χ0n) is 13.9. The Balaban J connectivity index is 1.86. The van der Waals surface area contributed by atoms with E-state index in [1.54, 1.807) is 24.3 Å². The highest BCUT2D eigenvalue weighted by Crippen LogP contribution is 2.15. The van der Waals surface area contributed by atoms with Crippen LogP contribution < -0.4 is 15.1 Å². The van der Waals surface area contributed by atoms with Crippen molar-refractivity contribution in [2.45, 2.75) is 6.92 Å². The molecule has 24 heavy (non-hydrogen) atoms. The third-order valence-electron chi connectivity index (χ3n) is 3.33. The molecule has 1 amide bonds. The Morgan fingerprint density at radius 3 is 2.33 bits per heavy atom. The molecule has 6 heteroatoms. The number of nitrogens with zero attached hydrogens (tertiary/aromatic N) is 2. The second kappa shape index (κ2) is 8.36. The van der Waals surface area contributed by atoms with Crippen molar-refractivity contribution in [3.63, 3.8) is 0 Å². The van der Waals surface area contributed by atoms with E-state index in [9.17, 15) is 4.79 Å². The van der Waals surface area contributed by atoms with Crippen LogP contribution in [0.5, 0.6) is 5.75 Å². The lowest BCUT2D eigenvalue weighted by atomic mass is 10.1. The van der Waals surface area contributed by atoms with Crippen LogP contribution in [0.15, 0.2) is 53.6 Å². The van der Waals surface area contributed by atoms with Crippen LogP contribution in [0.2, 0.25) is 5.02 Å². The van der Waals surface area contributed by atoms with Crippen molar-refractivity contribution in [2.24, 2.45) is 5.10 Å². The van der Waals surface area contributed by atoms with Crippen LogP contribution in [0.1, 0.15) is 12.5 Å². The average Bonchev–Trinajstić information content (AvgIpc) is 2.59. The molecule has 0 fully saturated rings. The number of rotatable bonds is 6. The Kier molecular flexibility index (Phi) is 6.21. The highest BCUT2D eigenvalue weighted by atomic mass is 35.5. The second-order valence-electron chi connectivity index (χ2n) is 5.42. The Hall–Kier alpha value is -2.53. The largest absolute Gasteiger partial charge is 0.484 e. The predicted molar refractivity (Wildman–Crippen MR) is 98.1 cm³/mol. The first-order chi connectivity index (χ1) is 11.5. The van der Waals surface area contributed by atoms with Gasteiger partial charge in [0.15, 0.2) is 6.61 Å². The van der Waals surface area contributed by atoms with Crippen LogP contribution >= 0.6 is 11.6 Å². The van der Waals surface area contributed by atoms with Crippen molar-refractivity contribution >= 4 is 28.9 Å². The number of carbonyl (C=O) groups is 1. The van der Waals surface area contributed by atoms with Crippen LogP contribution in [-0.4, -0.2) is 32.3 Å². The van der Waals surface area contributed by atoms with Gasteiger partial charge in [0.25, 0.3) is 5.91 Å². The minimum absolute atomic E-state index is 0.113. The van der Waals surface area contributed by atoms with Crippen molar-refractivity contribution in [3.05, 3.63) is 59.1 Å². The van der Waals surface area contributed by atoms with E-state index in [-0.39, 0.29) is 12.5 Å². The Morgan fingerprint density at radius 2 is 1.75 bits per heavy atom. The topological polar surface area (TPSA) is 53.9 Å². The third kappa shape index (κ3) is 5.28. The molecule has 2 aromatic rings. The average molecular weight is 346 g/mol. The Morgan fingerprint density at radius 1 is 1.12 bits per heavy atom. The standard InChI is InChI=1S/C18H20ClN3O2/c1-13(14-4-8-16(9-5-14)22(2)3)20-21-18(23)12-24-17-10-6-15(19)7-11-17/h4-11H,12H2,1-3H3,(H,21,23)/b20-13-. The van der Waals surface area contributed by atoms with Gasteiger partial charge in [0, 0.05) is 24.8 Å². The van der Waals surface area contributed by atoms with Gasteiger partial charge < -0.3 is 9.64 Å². The summed E-state index contributed by atoms with van der Waals surface area (Å²) in [5, 5.41) is 4.72. The van der Waals surface area contributed by atoms with E-state index in [0.29, 0.717) is 10.8 Å². The summed E-state index contributed by atoms with van der Waals surface area (Å²) in [5.74, 6) is 0.253. The van der Waals surface area contributed by atoms with Crippen molar-refractivity contribution in [3.8, 4) is 5.75 Å². The van der Waals surface area contributed by atoms with Crippen LogP contribution in [0.4, 0.5) is 5.69 Å². The summed E-state index contributed by atoms with van der Waals surface area (Å²) in [5.41, 5.74) is 5.26. The van der Waals surface area contributed by atoms with Gasteiger partial charge in [-0.05, 0) is 48.9 Å². The molecule has 2 rings (SSSR count).